The van der Waals surface area contributed by atoms with Gasteiger partial charge >= 0.3 is 5.56 Å². The Bertz CT molecular complexity index is 1740. The molecule has 6 rings (SSSR count). The lowest BCUT2D eigenvalue weighted by molar-refractivity contribution is 0.242. The Kier molecular flexibility index (Phi) is 6.71. The lowest BCUT2D eigenvalue weighted by Crippen LogP contribution is -2.49. The highest BCUT2D eigenvalue weighted by molar-refractivity contribution is 7.88. The van der Waals surface area contributed by atoms with Gasteiger partial charge in [0.1, 0.15) is 5.69 Å². The first kappa shape index (κ1) is 26.6. The van der Waals surface area contributed by atoms with Crippen LogP contribution in [-0.4, -0.2) is 65.5 Å². The molecule has 2 aromatic carbocycles. The molecule has 1 aliphatic carbocycles. The largest absolute Gasteiger partial charge is 0.486 e. The zero-order valence-electron chi connectivity index (χ0n) is 22.0. The van der Waals surface area contributed by atoms with Crippen molar-refractivity contribution in [2.45, 2.75) is 25.5 Å². The summed E-state index contributed by atoms with van der Waals surface area (Å²) in [5.41, 5.74) is 8.58. The van der Waals surface area contributed by atoms with Crippen molar-refractivity contribution in [3.63, 3.8) is 0 Å². The lowest BCUT2D eigenvalue weighted by atomic mass is 10.1. The van der Waals surface area contributed by atoms with E-state index >= 15 is 0 Å². The Labute approximate surface area is 236 Å². The summed E-state index contributed by atoms with van der Waals surface area (Å²) in [5.74, 6) is -0.0151. The molecule has 1 saturated heterocycles. The van der Waals surface area contributed by atoms with Crippen molar-refractivity contribution in [2.75, 3.05) is 43.4 Å². The number of anilines is 2. The molecular weight excluding hydrogens is 554 g/mol. The fraction of sp³-hybridized carbons (Fsp3) is 0.370. The molecule has 1 saturated carbocycles. The number of ether oxygens (including phenoxy) is 1. The van der Waals surface area contributed by atoms with E-state index in [-0.39, 0.29) is 35.6 Å². The highest BCUT2D eigenvalue weighted by Crippen LogP contribution is 2.45. The minimum Gasteiger partial charge on any atom is -0.486 e. The molecule has 0 spiro atoms. The van der Waals surface area contributed by atoms with Crippen LogP contribution in [0.4, 0.5) is 11.4 Å². The van der Waals surface area contributed by atoms with Gasteiger partial charge in [-0.15, -0.1) is 0 Å². The van der Waals surface area contributed by atoms with E-state index < -0.39 is 10.0 Å². The highest BCUT2D eigenvalue weighted by atomic mass is 35.5. The lowest BCUT2D eigenvalue weighted by Gasteiger charge is -2.36. The number of halogens is 1. The first-order valence-corrected chi connectivity index (χ1v) is 15.1. The molecule has 1 aliphatic heterocycles. The highest BCUT2D eigenvalue weighted by Gasteiger charge is 2.39. The van der Waals surface area contributed by atoms with Crippen LogP contribution in [0, 0.1) is 5.41 Å². The van der Waals surface area contributed by atoms with Gasteiger partial charge in [-0.05, 0) is 43.2 Å². The van der Waals surface area contributed by atoms with Gasteiger partial charge in [0, 0.05) is 53.3 Å². The van der Waals surface area contributed by atoms with Crippen LogP contribution in [0.3, 0.4) is 0 Å². The van der Waals surface area contributed by atoms with Crippen molar-refractivity contribution in [1.29, 1.82) is 0 Å². The number of aromatic nitrogens is 4. The molecule has 2 aliphatic rings. The Hall–Kier alpha value is -3.61. The summed E-state index contributed by atoms with van der Waals surface area (Å²) in [6.07, 6.45) is 5.29. The second-order valence-electron chi connectivity index (χ2n) is 10.8. The summed E-state index contributed by atoms with van der Waals surface area (Å²) in [4.78, 5) is 15.6. The molecule has 40 heavy (non-hydrogen) atoms. The predicted octanol–water partition coefficient (Wildman–Crippen LogP) is 3.18. The molecule has 3 N–H and O–H groups in total. The number of nitrogens with one attached hydrogen (secondary N) is 1. The number of nitrogens with two attached hydrogens (primary N) is 1. The van der Waals surface area contributed by atoms with Crippen molar-refractivity contribution in [3.8, 4) is 11.4 Å². The number of hydrogen-bond donors (Lipinski definition) is 2. The van der Waals surface area contributed by atoms with Gasteiger partial charge in [-0.25, -0.2) is 8.42 Å². The summed E-state index contributed by atoms with van der Waals surface area (Å²) in [5, 5.41) is 12.5. The van der Waals surface area contributed by atoms with Crippen molar-refractivity contribution < 1.29 is 13.2 Å². The van der Waals surface area contributed by atoms with E-state index in [1.54, 1.807) is 48.8 Å². The molecule has 0 atom stereocenters. The SMILES string of the molecule is CC1(COc2c(N3CCN(S(=O)(=O)Cc4c(N)ccc5[nH]ncc45)CC3)cnn(-c3cccc(Cl)c3)c2=O)CC1. The third-order valence-corrected chi connectivity index (χ3v) is 9.75. The molecule has 210 valence electrons. The fourth-order valence-corrected chi connectivity index (χ4v) is 6.69. The molecule has 2 aromatic heterocycles. The van der Waals surface area contributed by atoms with Crippen molar-refractivity contribution >= 4 is 43.9 Å². The van der Waals surface area contributed by atoms with Crippen LogP contribution in [0.5, 0.6) is 5.75 Å². The van der Waals surface area contributed by atoms with Crippen LogP contribution < -0.4 is 20.9 Å². The van der Waals surface area contributed by atoms with E-state index in [0.29, 0.717) is 52.7 Å². The minimum absolute atomic E-state index is 0.0559. The van der Waals surface area contributed by atoms with Gasteiger partial charge in [0.05, 0.1) is 36.0 Å². The summed E-state index contributed by atoms with van der Waals surface area (Å²) >= 11 is 6.15. The van der Waals surface area contributed by atoms with Gasteiger partial charge in [-0.1, -0.05) is 24.6 Å². The van der Waals surface area contributed by atoms with Crippen molar-refractivity contribution in [3.05, 3.63) is 69.7 Å². The van der Waals surface area contributed by atoms with Crippen LogP contribution in [0.25, 0.3) is 16.6 Å². The standard InChI is InChI=1S/C27H30ClN7O4S/c1-27(7-8-27)17-39-25-24(15-31-35(26(25)36)19-4-2-3-18(28)13-19)33-9-11-34(12-10-33)40(37,38)16-21-20-14-30-32-23(20)6-5-22(21)29/h2-6,13-15H,7-12,16-17,29H2,1H3,(H,30,32). The molecule has 0 radical (unpaired) electrons. The van der Waals surface area contributed by atoms with Gasteiger partial charge in [-0.2, -0.15) is 19.2 Å². The van der Waals surface area contributed by atoms with Gasteiger partial charge in [-0.3, -0.25) is 9.89 Å². The van der Waals surface area contributed by atoms with Gasteiger partial charge < -0.3 is 15.4 Å². The zero-order valence-corrected chi connectivity index (χ0v) is 23.6. The molecule has 11 nitrogen and oxygen atoms in total. The van der Waals surface area contributed by atoms with E-state index in [1.165, 1.54) is 8.99 Å². The number of hydrogen-bond acceptors (Lipinski definition) is 8. The second kappa shape index (κ2) is 10.1. The van der Waals surface area contributed by atoms with Crippen LogP contribution >= 0.6 is 11.6 Å². The smallest absolute Gasteiger partial charge is 0.316 e. The maximum Gasteiger partial charge on any atom is 0.316 e. The monoisotopic (exact) mass is 583 g/mol. The van der Waals surface area contributed by atoms with E-state index in [1.807, 2.05) is 4.90 Å². The number of rotatable bonds is 8. The molecule has 4 aromatic rings. The Morgan fingerprint density at radius 1 is 1.12 bits per heavy atom. The number of nitrogens with zero attached hydrogens (tertiary/aromatic N) is 5. The maximum atomic E-state index is 13.6. The quantitative estimate of drug-likeness (QED) is 0.302. The number of sulfonamides is 1. The Morgan fingerprint density at radius 2 is 1.90 bits per heavy atom. The number of H-pyrrole nitrogens is 1. The van der Waals surface area contributed by atoms with Crippen LogP contribution in [0.15, 0.2) is 53.6 Å². The second-order valence-corrected chi connectivity index (χ2v) is 13.2. The Morgan fingerprint density at radius 3 is 2.62 bits per heavy atom. The fourth-order valence-electron chi connectivity index (χ4n) is 4.92. The predicted molar refractivity (Wildman–Crippen MR) is 155 cm³/mol. The molecule has 0 unspecified atom stereocenters. The number of piperazine rings is 1. The summed E-state index contributed by atoms with van der Waals surface area (Å²) in [6, 6.07) is 10.4. The van der Waals surface area contributed by atoms with Crippen LogP contribution in [-0.2, 0) is 15.8 Å². The van der Waals surface area contributed by atoms with E-state index in [2.05, 4.69) is 22.2 Å². The van der Waals surface area contributed by atoms with Crippen LogP contribution in [0.1, 0.15) is 25.3 Å². The van der Waals surface area contributed by atoms with E-state index in [0.717, 1.165) is 18.4 Å². The molecule has 13 heteroatoms. The third-order valence-electron chi connectivity index (χ3n) is 7.71. The summed E-state index contributed by atoms with van der Waals surface area (Å²) < 4.78 is 35.7. The molecule has 2 fully saturated rings. The molecular formula is C27H30ClN7O4S. The van der Waals surface area contributed by atoms with Gasteiger partial charge in [0.15, 0.2) is 0 Å². The van der Waals surface area contributed by atoms with E-state index in [4.69, 9.17) is 22.1 Å². The molecule has 0 amide bonds. The normalized spacial score (nSPS) is 17.3. The number of benzene rings is 2. The first-order chi connectivity index (χ1) is 19.1. The average Bonchev–Trinajstić information content (AvgIpc) is 3.47. The van der Waals surface area contributed by atoms with Gasteiger partial charge in [0.2, 0.25) is 15.8 Å². The van der Waals surface area contributed by atoms with Gasteiger partial charge in [0.25, 0.3) is 0 Å². The average molecular weight is 584 g/mol. The Balaban J connectivity index is 1.24. The molecule has 3 heterocycles. The summed E-state index contributed by atoms with van der Waals surface area (Å²) in [7, 11) is -3.66. The zero-order chi connectivity index (χ0) is 28.1. The van der Waals surface area contributed by atoms with Crippen molar-refractivity contribution in [1.82, 2.24) is 24.3 Å². The third kappa shape index (κ3) is 5.14. The number of aromatic amines is 1. The number of nitrogen functional groups attached to an aromatic ring is 1. The topological polar surface area (TPSA) is 139 Å². The minimum atomic E-state index is -3.66. The summed E-state index contributed by atoms with van der Waals surface area (Å²) in [6.45, 7) is 3.80. The van der Waals surface area contributed by atoms with Crippen LogP contribution in [0.2, 0.25) is 5.02 Å². The molecule has 0 bridgehead atoms. The number of fused-ring (bicyclic) bond motifs is 1. The van der Waals surface area contributed by atoms with Crippen molar-refractivity contribution in [2.24, 2.45) is 5.41 Å². The van der Waals surface area contributed by atoms with E-state index in [9.17, 15) is 13.2 Å². The first-order valence-electron chi connectivity index (χ1n) is 13.1. The maximum absolute atomic E-state index is 13.6.